The van der Waals surface area contributed by atoms with E-state index in [1.165, 1.54) is 11.9 Å². The van der Waals surface area contributed by atoms with Crippen molar-refractivity contribution >= 4 is 15.9 Å². The zero-order valence-corrected chi connectivity index (χ0v) is 10.7. The maximum Gasteiger partial charge on any atom is 0.236 e. The van der Waals surface area contributed by atoms with Gasteiger partial charge in [-0.1, -0.05) is 12.1 Å². The number of hydrogen-bond donors (Lipinski definition) is 1. The van der Waals surface area contributed by atoms with Gasteiger partial charge in [-0.25, -0.2) is 9.97 Å². The Morgan fingerprint density at radius 1 is 1.24 bits per heavy atom. The Morgan fingerprint density at radius 3 is 2.65 bits per heavy atom. The van der Waals surface area contributed by atoms with Gasteiger partial charge in [0.05, 0.1) is 4.47 Å². The average Bonchev–Trinajstić information content (AvgIpc) is 2.35. The highest BCUT2D eigenvalue weighted by atomic mass is 79.9. The van der Waals surface area contributed by atoms with Crippen LogP contribution in [0.5, 0.6) is 11.6 Å². The van der Waals surface area contributed by atoms with Crippen LogP contribution in [0.2, 0.25) is 0 Å². The van der Waals surface area contributed by atoms with E-state index < -0.39 is 0 Å². The molecule has 0 fully saturated rings. The number of ether oxygens (including phenoxy) is 1. The standard InChI is InChI=1S/C12H12BrN3O/c13-11-7-15-8-16-12(11)17-10-3-1-9(2-4-10)5-6-14/h1-4,7-8H,5-6,14H2. The van der Waals surface area contributed by atoms with E-state index in [1.807, 2.05) is 24.3 Å². The SMILES string of the molecule is NCCc1ccc(Oc2ncncc2Br)cc1. The van der Waals surface area contributed by atoms with Crippen LogP contribution in [0, 0.1) is 0 Å². The molecule has 2 rings (SSSR count). The van der Waals surface area contributed by atoms with E-state index >= 15 is 0 Å². The highest BCUT2D eigenvalue weighted by Gasteiger charge is 2.03. The number of aromatic nitrogens is 2. The summed E-state index contributed by atoms with van der Waals surface area (Å²) < 4.78 is 6.34. The molecule has 5 heteroatoms. The minimum absolute atomic E-state index is 0.506. The fourth-order valence-electron chi connectivity index (χ4n) is 1.38. The van der Waals surface area contributed by atoms with Gasteiger partial charge in [-0.2, -0.15) is 0 Å². The van der Waals surface area contributed by atoms with Crippen molar-refractivity contribution in [2.45, 2.75) is 6.42 Å². The van der Waals surface area contributed by atoms with Crippen LogP contribution in [0.25, 0.3) is 0 Å². The number of hydrogen-bond acceptors (Lipinski definition) is 4. The molecular formula is C12H12BrN3O. The third kappa shape index (κ3) is 3.25. The highest BCUT2D eigenvalue weighted by molar-refractivity contribution is 9.10. The number of nitrogens with two attached hydrogens (primary N) is 1. The van der Waals surface area contributed by atoms with Crippen molar-refractivity contribution < 1.29 is 4.74 Å². The first-order chi connectivity index (χ1) is 8.29. The van der Waals surface area contributed by atoms with Crippen LogP contribution in [0.1, 0.15) is 5.56 Å². The summed E-state index contributed by atoms with van der Waals surface area (Å²) in [5.41, 5.74) is 6.68. The van der Waals surface area contributed by atoms with Crippen molar-refractivity contribution in [3.63, 3.8) is 0 Å². The molecule has 0 atom stereocenters. The van der Waals surface area contributed by atoms with Gasteiger partial charge in [0, 0.05) is 6.20 Å². The fraction of sp³-hybridized carbons (Fsp3) is 0.167. The predicted octanol–water partition coefficient (Wildman–Crippen LogP) is 2.53. The summed E-state index contributed by atoms with van der Waals surface area (Å²) in [6.45, 7) is 0.650. The molecule has 88 valence electrons. The van der Waals surface area contributed by atoms with E-state index in [1.54, 1.807) is 6.20 Å². The average molecular weight is 294 g/mol. The monoisotopic (exact) mass is 293 g/mol. The van der Waals surface area contributed by atoms with E-state index in [4.69, 9.17) is 10.5 Å². The summed E-state index contributed by atoms with van der Waals surface area (Å²) in [6, 6.07) is 7.80. The molecule has 0 aliphatic rings. The molecule has 2 N–H and O–H groups in total. The van der Waals surface area contributed by atoms with Crippen LogP contribution in [-0.4, -0.2) is 16.5 Å². The molecule has 0 unspecified atom stereocenters. The fourth-order valence-corrected chi connectivity index (χ4v) is 1.68. The first-order valence-corrected chi connectivity index (χ1v) is 6.01. The molecule has 0 spiro atoms. The summed E-state index contributed by atoms with van der Waals surface area (Å²) in [7, 11) is 0. The Balaban J connectivity index is 2.11. The van der Waals surface area contributed by atoms with Crippen molar-refractivity contribution in [2.24, 2.45) is 5.73 Å². The van der Waals surface area contributed by atoms with Crippen molar-refractivity contribution in [2.75, 3.05) is 6.54 Å². The Kier molecular flexibility index (Phi) is 4.06. The van der Waals surface area contributed by atoms with E-state index in [0.717, 1.165) is 16.6 Å². The topological polar surface area (TPSA) is 61.0 Å². The second-order valence-electron chi connectivity index (χ2n) is 3.46. The van der Waals surface area contributed by atoms with Crippen LogP contribution in [-0.2, 0) is 6.42 Å². The van der Waals surface area contributed by atoms with Gasteiger partial charge in [0.15, 0.2) is 0 Å². The second-order valence-corrected chi connectivity index (χ2v) is 4.31. The molecule has 1 aromatic heterocycles. The molecule has 4 nitrogen and oxygen atoms in total. The smallest absolute Gasteiger partial charge is 0.236 e. The molecule has 0 radical (unpaired) electrons. The minimum atomic E-state index is 0.506. The van der Waals surface area contributed by atoms with E-state index in [9.17, 15) is 0 Å². The Bertz CT molecular complexity index is 487. The number of nitrogens with zero attached hydrogens (tertiary/aromatic N) is 2. The lowest BCUT2D eigenvalue weighted by Gasteiger charge is -2.06. The maximum absolute atomic E-state index is 5.61. The van der Waals surface area contributed by atoms with E-state index in [2.05, 4.69) is 25.9 Å². The second kappa shape index (κ2) is 5.75. The van der Waals surface area contributed by atoms with Crippen LogP contribution in [0.4, 0.5) is 0 Å². The van der Waals surface area contributed by atoms with Crippen LogP contribution < -0.4 is 10.5 Å². The molecule has 0 saturated carbocycles. The van der Waals surface area contributed by atoms with E-state index in [-0.39, 0.29) is 0 Å². The summed E-state index contributed by atoms with van der Waals surface area (Å²) in [6.07, 6.45) is 3.96. The molecule has 1 heterocycles. The summed E-state index contributed by atoms with van der Waals surface area (Å²) in [5, 5.41) is 0. The number of rotatable bonds is 4. The first-order valence-electron chi connectivity index (χ1n) is 5.22. The van der Waals surface area contributed by atoms with E-state index in [0.29, 0.717) is 12.4 Å². The van der Waals surface area contributed by atoms with Crippen LogP contribution in [0.3, 0.4) is 0 Å². The van der Waals surface area contributed by atoms with Crippen molar-refractivity contribution in [3.8, 4) is 11.6 Å². The molecular weight excluding hydrogens is 282 g/mol. The molecule has 17 heavy (non-hydrogen) atoms. The van der Waals surface area contributed by atoms with Gasteiger partial charge >= 0.3 is 0 Å². The Morgan fingerprint density at radius 2 is 2.00 bits per heavy atom. The van der Waals surface area contributed by atoms with Gasteiger partial charge in [0.25, 0.3) is 0 Å². The van der Waals surface area contributed by atoms with Crippen molar-refractivity contribution in [1.29, 1.82) is 0 Å². The van der Waals surface area contributed by atoms with Gasteiger partial charge in [0.2, 0.25) is 5.88 Å². The highest BCUT2D eigenvalue weighted by Crippen LogP contribution is 2.26. The predicted molar refractivity (Wildman–Crippen MR) is 69.0 cm³/mol. The zero-order chi connectivity index (χ0) is 12.1. The third-order valence-electron chi connectivity index (χ3n) is 2.20. The van der Waals surface area contributed by atoms with Gasteiger partial charge in [0.1, 0.15) is 12.1 Å². The number of halogens is 1. The Hall–Kier alpha value is -1.46. The lowest BCUT2D eigenvalue weighted by molar-refractivity contribution is 0.458. The van der Waals surface area contributed by atoms with Gasteiger partial charge in [-0.15, -0.1) is 0 Å². The third-order valence-corrected chi connectivity index (χ3v) is 2.75. The summed E-state index contributed by atoms with van der Waals surface area (Å²) >= 11 is 3.33. The quantitative estimate of drug-likeness (QED) is 0.941. The molecule has 0 saturated heterocycles. The largest absolute Gasteiger partial charge is 0.438 e. The summed E-state index contributed by atoms with van der Waals surface area (Å²) in [4.78, 5) is 7.91. The number of benzene rings is 1. The van der Waals surface area contributed by atoms with Crippen molar-refractivity contribution in [1.82, 2.24) is 9.97 Å². The van der Waals surface area contributed by atoms with Gasteiger partial charge in [-0.3, -0.25) is 0 Å². The van der Waals surface area contributed by atoms with Crippen LogP contribution >= 0.6 is 15.9 Å². The lowest BCUT2D eigenvalue weighted by Crippen LogP contribution is -2.02. The van der Waals surface area contributed by atoms with Gasteiger partial charge in [-0.05, 0) is 46.6 Å². The molecule has 0 amide bonds. The molecule has 0 aliphatic heterocycles. The summed E-state index contributed by atoms with van der Waals surface area (Å²) in [5.74, 6) is 1.25. The molecule has 0 bridgehead atoms. The lowest BCUT2D eigenvalue weighted by atomic mass is 10.1. The normalized spacial score (nSPS) is 10.2. The Labute approximate surface area is 108 Å². The minimum Gasteiger partial charge on any atom is -0.438 e. The molecule has 1 aromatic carbocycles. The van der Waals surface area contributed by atoms with Gasteiger partial charge < -0.3 is 10.5 Å². The first kappa shape index (κ1) is 12.0. The zero-order valence-electron chi connectivity index (χ0n) is 9.14. The molecule has 0 aliphatic carbocycles. The van der Waals surface area contributed by atoms with Crippen LogP contribution in [0.15, 0.2) is 41.3 Å². The molecule has 2 aromatic rings. The van der Waals surface area contributed by atoms with Crippen molar-refractivity contribution in [3.05, 3.63) is 46.8 Å². The maximum atomic E-state index is 5.61.